The predicted molar refractivity (Wildman–Crippen MR) is 54.2 cm³/mol. The number of pyridine rings is 1. The van der Waals surface area contributed by atoms with Crippen LogP contribution in [0, 0.1) is 0 Å². The van der Waals surface area contributed by atoms with E-state index < -0.39 is 0 Å². The smallest absolute Gasteiger partial charge is 0.275 e. The molecule has 0 spiro atoms. The number of hydrogen-bond acceptors (Lipinski definition) is 4. The summed E-state index contributed by atoms with van der Waals surface area (Å²) >= 11 is 0. The molecule has 0 radical (unpaired) electrons. The maximum Gasteiger partial charge on any atom is 0.275 e. The third-order valence-electron chi connectivity index (χ3n) is 1.70. The van der Waals surface area contributed by atoms with Crippen LogP contribution in [-0.4, -0.2) is 20.9 Å². The zero-order chi connectivity index (χ0) is 10.5. The Balaban J connectivity index is 2.12. The Kier molecular flexibility index (Phi) is 2.64. The Labute approximate surface area is 86.2 Å². The molecule has 0 saturated heterocycles. The second-order valence-corrected chi connectivity index (χ2v) is 2.76. The standard InChI is InChI=1S/C10H8N4O/c15-10(8-3-1-2-4-12-8)14-9-7-11-5-6-13-9/h1-7H,(H,13,14,15). The van der Waals surface area contributed by atoms with Gasteiger partial charge in [-0.3, -0.25) is 14.8 Å². The molecule has 15 heavy (non-hydrogen) atoms. The van der Waals surface area contributed by atoms with Crippen molar-refractivity contribution in [3.05, 3.63) is 48.7 Å². The molecule has 0 bridgehead atoms. The number of carbonyl (C=O) groups excluding carboxylic acids is 1. The van der Waals surface area contributed by atoms with E-state index in [0.29, 0.717) is 11.5 Å². The van der Waals surface area contributed by atoms with Crippen LogP contribution < -0.4 is 5.32 Å². The van der Waals surface area contributed by atoms with E-state index in [2.05, 4.69) is 20.3 Å². The summed E-state index contributed by atoms with van der Waals surface area (Å²) in [7, 11) is 0. The highest BCUT2D eigenvalue weighted by Gasteiger charge is 2.06. The van der Waals surface area contributed by atoms with Crippen LogP contribution in [0.3, 0.4) is 0 Å². The number of carbonyl (C=O) groups is 1. The molecule has 0 saturated carbocycles. The molecular formula is C10H8N4O. The maximum atomic E-state index is 11.6. The number of amides is 1. The lowest BCUT2D eigenvalue weighted by molar-refractivity contribution is 0.102. The molecule has 0 aliphatic heterocycles. The van der Waals surface area contributed by atoms with Gasteiger partial charge in [0.2, 0.25) is 0 Å². The van der Waals surface area contributed by atoms with Crippen molar-refractivity contribution in [2.24, 2.45) is 0 Å². The largest absolute Gasteiger partial charge is 0.304 e. The zero-order valence-electron chi connectivity index (χ0n) is 7.79. The molecule has 0 aliphatic carbocycles. The van der Waals surface area contributed by atoms with E-state index in [1.165, 1.54) is 18.6 Å². The molecule has 74 valence electrons. The number of hydrogen-bond donors (Lipinski definition) is 1. The van der Waals surface area contributed by atoms with Crippen molar-refractivity contribution < 1.29 is 4.79 Å². The minimum atomic E-state index is -0.295. The molecule has 0 fully saturated rings. The highest BCUT2D eigenvalue weighted by molar-refractivity contribution is 6.02. The quantitative estimate of drug-likeness (QED) is 0.788. The zero-order valence-corrected chi connectivity index (χ0v) is 7.79. The fourth-order valence-corrected chi connectivity index (χ4v) is 1.04. The molecule has 2 aromatic heterocycles. The van der Waals surface area contributed by atoms with Gasteiger partial charge >= 0.3 is 0 Å². The minimum Gasteiger partial charge on any atom is -0.304 e. The van der Waals surface area contributed by atoms with E-state index in [4.69, 9.17) is 0 Å². The van der Waals surface area contributed by atoms with Gasteiger partial charge in [-0.15, -0.1) is 0 Å². The van der Waals surface area contributed by atoms with Gasteiger partial charge < -0.3 is 5.32 Å². The fraction of sp³-hybridized carbons (Fsp3) is 0. The van der Waals surface area contributed by atoms with Crippen LogP contribution in [0.2, 0.25) is 0 Å². The second-order valence-electron chi connectivity index (χ2n) is 2.76. The lowest BCUT2D eigenvalue weighted by atomic mass is 10.3. The van der Waals surface area contributed by atoms with E-state index >= 15 is 0 Å². The summed E-state index contributed by atoms with van der Waals surface area (Å²) in [5, 5.41) is 2.58. The van der Waals surface area contributed by atoms with Gasteiger partial charge in [-0.1, -0.05) is 6.07 Å². The minimum absolute atomic E-state index is 0.295. The topological polar surface area (TPSA) is 67.8 Å². The summed E-state index contributed by atoms with van der Waals surface area (Å²) in [6.45, 7) is 0. The Morgan fingerprint density at radius 1 is 1.13 bits per heavy atom. The first-order valence-electron chi connectivity index (χ1n) is 4.34. The first-order chi connectivity index (χ1) is 7.36. The summed E-state index contributed by atoms with van der Waals surface area (Å²) in [5.41, 5.74) is 0.350. The molecule has 0 atom stereocenters. The molecule has 0 aromatic carbocycles. The van der Waals surface area contributed by atoms with Crippen molar-refractivity contribution in [3.63, 3.8) is 0 Å². The molecular weight excluding hydrogens is 192 g/mol. The van der Waals surface area contributed by atoms with Crippen LogP contribution >= 0.6 is 0 Å². The summed E-state index contributed by atoms with van der Waals surface area (Å²) in [4.78, 5) is 23.2. The van der Waals surface area contributed by atoms with Crippen molar-refractivity contribution in [1.82, 2.24) is 15.0 Å². The molecule has 5 heteroatoms. The highest BCUT2D eigenvalue weighted by atomic mass is 16.1. The highest BCUT2D eigenvalue weighted by Crippen LogP contribution is 2.01. The first-order valence-corrected chi connectivity index (χ1v) is 4.34. The lowest BCUT2D eigenvalue weighted by Gasteiger charge is -2.01. The first kappa shape index (κ1) is 9.26. The van der Waals surface area contributed by atoms with Crippen LogP contribution in [0.4, 0.5) is 5.82 Å². The summed E-state index contributed by atoms with van der Waals surface area (Å²) < 4.78 is 0. The molecule has 2 rings (SSSR count). The van der Waals surface area contributed by atoms with Crippen LogP contribution in [0.25, 0.3) is 0 Å². The van der Waals surface area contributed by atoms with Gasteiger partial charge in [-0.2, -0.15) is 0 Å². The molecule has 0 unspecified atom stereocenters. The Morgan fingerprint density at radius 2 is 2.07 bits per heavy atom. The number of anilines is 1. The van der Waals surface area contributed by atoms with E-state index in [0.717, 1.165) is 0 Å². The monoisotopic (exact) mass is 200 g/mol. The summed E-state index contributed by atoms with van der Waals surface area (Å²) in [6.07, 6.45) is 6.08. The van der Waals surface area contributed by atoms with Gasteiger partial charge in [0.15, 0.2) is 5.82 Å². The average Bonchev–Trinajstić information content (AvgIpc) is 2.31. The van der Waals surface area contributed by atoms with Gasteiger partial charge in [-0.25, -0.2) is 4.98 Å². The molecule has 5 nitrogen and oxygen atoms in total. The third-order valence-corrected chi connectivity index (χ3v) is 1.70. The number of aromatic nitrogens is 3. The van der Waals surface area contributed by atoms with Gasteiger partial charge in [0.25, 0.3) is 5.91 Å². The van der Waals surface area contributed by atoms with E-state index in [1.54, 1.807) is 24.4 Å². The summed E-state index contributed by atoms with van der Waals surface area (Å²) in [6, 6.07) is 5.13. The van der Waals surface area contributed by atoms with Crippen LogP contribution in [0.5, 0.6) is 0 Å². The van der Waals surface area contributed by atoms with Gasteiger partial charge in [0.05, 0.1) is 6.20 Å². The molecule has 1 N–H and O–H groups in total. The molecule has 2 heterocycles. The van der Waals surface area contributed by atoms with Crippen molar-refractivity contribution in [2.45, 2.75) is 0 Å². The Morgan fingerprint density at radius 3 is 2.73 bits per heavy atom. The van der Waals surface area contributed by atoms with Crippen molar-refractivity contribution in [1.29, 1.82) is 0 Å². The van der Waals surface area contributed by atoms with Gasteiger partial charge in [-0.05, 0) is 12.1 Å². The van der Waals surface area contributed by atoms with Crippen molar-refractivity contribution in [3.8, 4) is 0 Å². The summed E-state index contributed by atoms with van der Waals surface area (Å²) in [5.74, 6) is 0.115. The van der Waals surface area contributed by atoms with Crippen molar-refractivity contribution >= 4 is 11.7 Å². The van der Waals surface area contributed by atoms with Crippen LogP contribution in [-0.2, 0) is 0 Å². The number of rotatable bonds is 2. The van der Waals surface area contributed by atoms with Crippen LogP contribution in [0.1, 0.15) is 10.5 Å². The normalized spacial score (nSPS) is 9.60. The Hall–Kier alpha value is -2.30. The molecule has 0 aliphatic rings. The van der Waals surface area contributed by atoms with Gasteiger partial charge in [0.1, 0.15) is 5.69 Å². The Bertz CT molecular complexity index is 443. The van der Waals surface area contributed by atoms with E-state index in [9.17, 15) is 4.79 Å². The lowest BCUT2D eigenvalue weighted by Crippen LogP contribution is -2.14. The fourth-order valence-electron chi connectivity index (χ4n) is 1.04. The average molecular weight is 200 g/mol. The molecule has 2 aromatic rings. The predicted octanol–water partition coefficient (Wildman–Crippen LogP) is 1.12. The maximum absolute atomic E-state index is 11.6. The molecule has 1 amide bonds. The van der Waals surface area contributed by atoms with Crippen LogP contribution in [0.15, 0.2) is 43.0 Å². The SMILES string of the molecule is O=C(Nc1cnccn1)c1ccccn1. The number of nitrogens with one attached hydrogen (secondary N) is 1. The number of nitrogens with zero attached hydrogens (tertiary/aromatic N) is 3. The second kappa shape index (κ2) is 4.28. The van der Waals surface area contributed by atoms with Crippen molar-refractivity contribution in [2.75, 3.05) is 5.32 Å². The van der Waals surface area contributed by atoms with E-state index in [1.807, 2.05) is 0 Å². The van der Waals surface area contributed by atoms with Gasteiger partial charge in [0, 0.05) is 18.6 Å². The third kappa shape index (κ3) is 2.34. The van der Waals surface area contributed by atoms with E-state index in [-0.39, 0.29) is 5.91 Å².